The molecule has 0 fully saturated rings. The lowest BCUT2D eigenvalue weighted by atomic mass is 10.1. The van der Waals surface area contributed by atoms with Gasteiger partial charge in [-0.05, 0) is 30.7 Å². The highest BCUT2D eigenvalue weighted by Gasteiger charge is 2.05. The Labute approximate surface area is 106 Å². The summed E-state index contributed by atoms with van der Waals surface area (Å²) < 4.78 is 0. The number of nitrogens with zero attached hydrogens (tertiary/aromatic N) is 2. The molecule has 4 heteroatoms. The maximum atomic E-state index is 5.95. The second kappa shape index (κ2) is 5.75. The number of aromatic nitrogens is 2. The molecular weight excluding hydrogens is 234 g/mol. The summed E-state index contributed by atoms with van der Waals surface area (Å²) in [5.41, 5.74) is 1.16. The summed E-state index contributed by atoms with van der Waals surface area (Å²) in [6, 6.07) is 9.87. The molecule has 0 amide bonds. The summed E-state index contributed by atoms with van der Waals surface area (Å²) in [4.78, 5) is 8.32. The third-order valence-corrected chi connectivity index (χ3v) is 2.77. The van der Waals surface area contributed by atoms with E-state index in [1.54, 1.807) is 12.4 Å². The van der Waals surface area contributed by atoms with Gasteiger partial charge in [-0.25, -0.2) is 9.97 Å². The van der Waals surface area contributed by atoms with E-state index < -0.39 is 0 Å². The molecule has 17 heavy (non-hydrogen) atoms. The molecule has 3 nitrogen and oxygen atoms in total. The first kappa shape index (κ1) is 12.0. The van der Waals surface area contributed by atoms with Crippen molar-refractivity contribution in [2.75, 3.05) is 0 Å². The first-order valence-electron chi connectivity index (χ1n) is 5.50. The van der Waals surface area contributed by atoms with Crippen LogP contribution in [0.5, 0.6) is 0 Å². The summed E-state index contributed by atoms with van der Waals surface area (Å²) >= 11 is 5.95. The van der Waals surface area contributed by atoms with Crippen LogP contribution in [-0.2, 0) is 6.54 Å². The first-order valence-corrected chi connectivity index (χ1v) is 5.88. The molecule has 2 rings (SSSR count). The summed E-state index contributed by atoms with van der Waals surface area (Å²) in [6.45, 7) is 2.74. The van der Waals surface area contributed by atoms with Gasteiger partial charge in [-0.1, -0.05) is 23.7 Å². The zero-order valence-electron chi connectivity index (χ0n) is 9.60. The van der Waals surface area contributed by atoms with Gasteiger partial charge in [0, 0.05) is 23.5 Å². The number of benzene rings is 1. The van der Waals surface area contributed by atoms with Crippen LogP contribution in [0.15, 0.2) is 42.7 Å². The van der Waals surface area contributed by atoms with Gasteiger partial charge >= 0.3 is 0 Å². The van der Waals surface area contributed by atoms with Crippen LogP contribution >= 0.6 is 11.6 Å². The van der Waals surface area contributed by atoms with Gasteiger partial charge in [0.1, 0.15) is 5.82 Å². The van der Waals surface area contributed by atoms with Crippen LogP contribution in [0.3, 0.4) is 0 Å². The fourth-order valence-electron chi connectivity index (χ4n) is 1.56. The Hall–Kier alpha value is -1.45. The fraction of sp³-hybridized carbons (Fsp3) is 0.231. The van der Waals surface area contributed by atoms with E-state index in [2.05, 4.69) is 28.3 Å². The van der Waals surface area contributed by atoms with Crippen LogP contribution in [0.25, 0.3) is 0 Å². The number of hydrogen-bond acceptors (Lipinski definition) is 3. The van der Waals surface area contributed by atoms with Crippen molar-refractivity contribution in [1.82, 2.24) is 15.3 Å². The average Bonchev–Trinajstić information content (AvgIpc) is 2.37. The van der Waals surface area contributed by atoms with Gasteiger partial charge in [-0.3, -0.25) is 0 Å². The minimum absolute atomic E-state index is 0.220. The molecular formula is C13H14ClN3. The number of hydrogen-bond donors (Lipinski definition) is 1. The summed E-state index contributed by atoms with van der Waals surface area (Å²) in [5.74, 6) is 0.793. The average molecular weight is 248 g/mol. The van der Waals surface area contributed by atoms with Crippen molar-refractivity contribution in [3.63, 3.8) is 0 Å². The van der Waals surface area contributed by atoms with Crippen LogP contribution in [0, 0.1) is 0 Å². The summed E-state index contributed by atoms with van der Waals surface area (Å²) in [5, 5.41) is 4.12. The van der Waals surface area contributed by atoms with Crippen molar-refractivity contribution in [2.24, 2.45) is 0 Å². The van der Waals surface area contributed by atoms with Crippen LogP contribution in [0.4, 0.5) is 0 Å². The minimum Gasteiger partial charge on any atom is -0.303 e. The molecule has 0 bridgehead atoms. The molecule has 0 aliphatic heterocycles. The fourth-order valence-corrected chi connectivity index (χ4v) is 1.76. The third kappa shape index (κ3) is 3.51. The Morgan fingerprint density at radius 3 is 2.71 bits per heavy atom. The maximum absolute atomic E-state index is 5.95. The lowest BCUT2D eigenvalue weighted by molar-refractivity contribution is 0.559. The number of rotatable bonds is 4. The molecule has 1 N–H and O–H groups in total. The second-order valence-electron chi connectivity index (χ2n) is 3.82. The Bertz CT molecular complexity index is 473. The zero-order valence-corrected chi connectivity index (χ0v) is 10.4. The number of nitrogens with one attached hydrogen (secondary N) is 1. The highest BCUT2D eigenvalue weighted by Crippen LogP contribution is 2.17. The van der Waals surface area contributed by atoms with E-state index in [-0.39, 0.29) is 6.04 Å². The number of halogens is 1. The van der Waals surface area contributed by atoms with E-state index >= 15 is 0 Å². The Kier molecular flexibility index (Phi) is 4.07. The van der Waals surface area contributed by atoms with E-state index in [1.807, 2.05) is 24.3 Å². The highest BCUT2D eigenvalue weighted by atomic mass is 35.5. The Balaban J connectivity index is 1.96. The largest absolute Gasteiger partial charge is 0.303 e. The van der Waals surface area contributed by atoms with E-state index in [1.165, 1.54) is 0 Å². The first-order chi connectivity index (χ1) is 8.25. The van der Waals surface area contributed by atoms with E-state index in [4.69, 9.17) is 11.6 Å². The van der Waals surface area contributed by atoms with Crippen LogP contribution in [0.1, 0.15) is 24.4 Å². The van der Waals surface area contributed by atoms with Crippen LogP contribution < -0.4 is 5.32 Å². The van der Waals surface area contributed by atoms with Gasteiger partial charge in [0.15, 0.2) is 0 Å². The molecule has 0 saturated heterocycles. The van der Waals surface area contributed by atoms with Crippen molar-refractivity contribution < 1.29 is 0 Å². The monoisotopic (exact) mass is 247 g/mol. The van der Waals surface area contributed by atoms with Crippen LogP contribution in [-0.4, -0.2) is 9.97 Å². The Morgan fingerprint density at radius 1 is 1.24 bits per heavy atom. The smallest absolute Gasteiger partial charge is 0.141 e. The molecule has 0 spiro atoms. The molecule has 1 aromatic heterocycles. The molecule has 0 radical (unpaired) electrons. The van der Waals surface area contributed by atoms with E-state index in [9.17, 15) is 0 Å². The molecule has 1 heterocycles. The third-order valence-electron chi connectivity index (χ3n) is 2.53. The summed E-state index contributed by atoms with van der Waals surface area (Å²) in [7, 11) is 0. The van der Waals surface area contributed by atoms with Gasteiger partial charge in [-0.2, -0.15) is 0 Å². The molecule has 0 unspecified atom stereocenters. The van der Waals surface area contributed by atoms with Gasteiger partial charge in [-0.15, -0.1) is 0 Å². The van der Waals surface area contributed by atoms with Crippen molar-refractivity contribution >= 4 is 11.6 Å². The van der Waals surface area contributed by atoms with E-state index in [0.717, 1.165) is 16.4 Å². The molecule has 2 aromatic rings. The topological polar surface area (TPSA) is 37.8 Å². The molecule has 1 aromatic carbocycles. The maximum Gasteiger partial charge on any atom is 0.141 e. The molecule has 0 saturated carbocycles. The SMILES string of the molecule is C[C@@H](NCc1ncccn1)c1cccc(Cl)c1. The van der Waals surface area contributed by atoms with Crippen molar-refractivity contribution in [3.8, 4) is 0 Å². The lowest BCUT2D eigenvalue weighted by Crippen LogP contribution is -2.19. The highest BCUT2D eigenvalue weighted by molar-refractivity contribution is 6.30. The lowest BCUT2D eigenvalue weighted by Gasteiger charge is -2.13. The Morgan fingerprint density at radius 2 is 2.00 bits per heavy atom. The van der Waals surface area contributed by atoms with Crippen molar-refractivity contribution in [2.45, 2.75) is 19.5 Å². The molecule has 88 valence electrons. The predicted octanol–water partition coefficient (Wildman–Crippen LogP) is 2.98. The summed E-state index contributed by atoms with van der Waals surface area (Å²) in [6.07, 6.45) is 3.49. The second-order valence-corrected chi connectivity index (χ2v) is 4.26. The quantitative estimate of drug-likeness (QED) is 0.903. The zero-order chi connectivity index (χ0) is 12.1. The van der Waals surface area contributed by atoms with Crippen LogP contribution in [0.2, 0.25) is 5.02 Å². The normalized spacial score (nSPS) is 12.4. The van der Waals surface area contributed by atoms with Crippen molar-refractivity contribution in [1.29, 1.82) is 0 Å². The molecule has 0 aliphatic carbocycles. The van der Waals surface area contributed by atoms with Gasteiger partial charge < -0.3 is 5.32 Å². The van der Waals surface area contributed by atoms with Gasteiger partial charge in [0.05, 0.1) is 6.54 Å². The van der Waals surface area contributed by atoms with Gasteiger partial charge in [0.2, 0.25) is 0 Å². The predicted molar refractivity (Wildman–Crippen MR) is 68.7 cm³/mol. The standard InChI is InChI=1S/C13H14ClN3/c1-10(11-4-2-5-12(14)8-11)17-9-13-15-6-3-7-16-13/h2-8,10,17H,9H2,1H3/t10-/m1/s1. The van der Waals surface area contributed by atoms with Gasteiger partial charge in [0.25, 0.3) is 0 Å². The molecule has 1 atom stereocenters. The minimum atomic E-state index is 0.220. The van der Waals surface area contributed by atoms with Crippen molar-refractivity contribution in [3.05, 3.63) is 59.1 Å². The van der Waals surface area contributed by atoms with E-state index in [0.29, 0.717) is 6.54 Å². The molecule has 0 aliphatic rings.